The second kappa shape index (κ2) is 35.6. The number of thiazole rings is 3. The van der Waals surface area contributed by atoms with Crippen LogP contribution in [0.4, 0.5) is 32.5 Å². The lowest BCUT2D eigenvalue weighted by Gasteiger charge is -2.24. The van der Waals surface area contributed by atoms with E-state index in [2.05, 4.69) is 64.2 Å². The molecule has 0 amide bonds. The number of benzene rings is 9. The van der Waals surface area contributed by atoms with Gasteiger partial charge in [-0.2, -0.15) is 10.2 Å². The molecule has 1 unspecified atom stereocenters. The van der Waals surface area contributed by atoms with E-state index in [0.717, 1.165) is 112 Å². The topological polar surface area (TPSA) is 401 Å². The Balaban J connectivity index is 0.000000148. The van der Waals surface area contributed by atoms with Gasteiger partial charge in [0.25, 0.3) is 11.4 Å². The Morgan fingerprint density at radius 1 is 0.564 bits per heavy atom. The molecule has 9 aromatic carbocycles. The summed E-state index contributed by atoms with van der Waals surface area (Å²) in [4.78, 5) is 74.3. The first-order chi connectivity index (χ1) is 56.7. The van der Waals surface area contributed by atoms with Crippen LogP contribution in [0.2, 0.25) is 10.0 Å². The number of nitro groups is 2. The van der Waals surface area contributed by atoms with E-state index < -0.39 is 33.8 Å². The number of fused-ring (bicyclic) bond motifs is 4. The second-order valence-electron chi connectivity index (χ2n) is 26.1. The van der Waals surface area contributed by atoms with Crippen molar-refractivity contribution in [2.45, 2.75) is 51.7 Å². The molecule has 1 atom stereocenters. The quantitative estimate of drug-likeness (QED) is 0.0159. The number of rotatable bonds is 25. The number of nitrogens with one attached hydrogen (secondary N) is 3. The Labute approximate surface area is 687 Å². The maximum atomic E-state index is 12.1. The van der Waals surface area contributed by atoms with Crippen LogP contribution in [-0.2, 0) is 53.1 Å². The number of ether oxygens (including phenoxy) is 2. The number of hydrazone groups is 2. The van der Waals surface area contributed by atoms with E-state index in [0.29, 0.717) is 54.7 Å². The van der Waals surface area contributed by atoms with Crippen LogP contribution < -0.4 is 30.8 Å². The minimum atomic E-state index is -1.31. The number of carbonyl (C=O) groups is 3. The standard InChI is InChI=1S/C34H27N7O6S.C28H24N6O3S.C20H14Cl2N4O4S/c1-46-26-15-9-21(10-16-26)29-20-40(39-37-29)25-13-7-23(8-14-25)32-31(22-11-17-27(47-2)18-12-22)35-34(48-32)38-36-28(33(42)43)19-24-5-3-4-6-30(24)41(44)45;1-17-6-8-18(9-7-17)25-26(19-10-12-22(13-11-19)33-15-21(16-35)30-32-33)38-28(29-25)31-34-23-5-3-2-4-20(23)14-24(34)27(36)37;21-13-7-5-12-11(17(13)22)6-8-16-18(12)23-20(31-16)25-24-14(19(27)28)9-10-3-1-2-4-15(10)26(29)30/h3-18,20H,19H2,1-2H3,(H,35,38)(H,42,43);2-13,15,24,35H,14,16H2,1H3,(H,29,31)(H,36,37);1-5,7H,6,8-9H2,(H,23,25)(H,27,28)/b;;24-14+. The number of hydrazine groups is 1. The Bertz CT molecular complexity index is 6120. The average molecular weight is 1660 g/mol. The van der Waals surface area contributed by atoms with E-state index in [4.69, 9.17) is 42.6 Å². The number of carboxylic acid groups (broad SMARTS) is 3. The molecule has 0 saturated heterocycles. The number of aliphatic carboxylic acids is 3. The molecule has 16 rings (SSSR count). The number of aliphatic hydroxyl groups excluding tert-OH is 1. The van der Waals surface area contributed by atoms with Gasteiger partial charge in [-0.05, 0) is 127 Å². The number of hydrogen-bond donors (Lipinski definition) is 7. The highest BCUT2D eigenvalue weighted by molar-refractivity contribution is 7.20. The first-order valence-corrected chi connectivity index (χ1v) is 38.8. The second-order valence-corrected chi connectivity index (χ2v) is 30.0. The van der Waals surface area contributed by atoms with Crippen molar-refractivity contribution in [3.8, 4) is 88.8 Å². The highest BCUT2D eigenvalue weighted by Gasteiger charge is 2.36. The van der Waals surface area contributed by atoms with Gasteiger partial charge in [0.2, 0.25) is 15.4 Å². The minimum Gasteiger partial charge on any atom is -0.497 e. The summed E-state index contributed by atoms with van der Waals surface area (Å²) in [5, 5.41) is 89.9. The summed E-state index contributed by atoms with van der Waals surface area (Å²) >= 11 is 16.6. The molecule has 0 spiro atoms. The fourth-order valence-corrected chi connectivity index (χ4v) is 16.1. The van der Waals surface area contributed by atoms with E-state index >= 15 is 0 Å². The zero-order chi connectivity index (χ0) is 82.0. The van der Waals surface area contributed by atoms with Crippen LogP contribution in [0.5, 0.6) is 11.5 Å². The summed E-state index contributed by atoms with van der Waals surface area (Å²) in [6, 6.07) is 61.2. The van der Waals surface area contributed by atoms with Crippen molar-refractivity contribution < 1.29 is 54.1 Å². The van der Waals surface area contributed by atoms with Gasteiger partial charge in [-0.25, -0.2) is 38.7 Å². The van der Waals surface area contributed by atoms with Crippen molar-refractivity contribution in [1.82, 2.24) is 44.9 Å². The molecule has 30 nitrogen and oxygen atoms in total. The smallest absolute Gasteiger partial charge is 0.352 e. The number of anilines is 4. The molecule has 0 bridgehead atoms. The fraction of sp³-hybridized carbons (Fsp3) is 0.122. The number of carboxylic acids is 3. The Morgan fingerprint density at radius 2 is 1.05 bits per heavy atom. The molecule has 0 radical (unpaired) electrons. The van der Waals surface area contributed by atoms with Crippen LogP contribution in [0.3, 0.4) is 0 Å². The van der Waals surface area contributed by atoms with Crippen molar-refractivity contribution >= 4 is 119 Å². The molecule has 1 aliphatic carbocycles. The van der Waals surface area contributed by atoms with E-state index in [1.807, 2.05) is 153 Å². The number of methoxy groups -OCH3 is 2. The first kappa shape index (κ1) is 79.7. The largest absolute Gasteiger partial charge is 0.497 e. The molecule has 14 aromatic rings. The predicted molar refractivity (Wildman–Crippen MR) is 449 cm³/mol. The van der Waals surface area contributed by atoms with Crippen molar-refractivity contribution in [2.24, 2.45) is 10.2 Å². The van der Waals surface area contributed by atoms with E-state index in [1.54, 1.807) is 53.0 Å². The molecule has 7 N–H and O–H groups in total. The molecule has 6 heterocycles. The Hall–Kier alpha value is -14.0. The van der Waals surface area contributed by atoms with Gasteiger partial charge in [-0.1, -0.05) is 182 Å². The number of para-hydroxylation sites is 3. The summed E-state index contributed by atoms with van der Waals surface area (Å²) < 4.78 is 13.9. The zero-order valence-electron chi connectivity index (χ0n) is 61.8. The lowest BCUT2D eigenvalue weighted by atomic mass is 9.93. The molecule has 0 fully saturated rings. The number of halogens is 2. The van der Waals surface area contributed by atoms with E-state index in [-0.39, 0.29) is 53.4 Å². The van der Waals surface area contributed by atoms with Crippen LogP contribution in [0.15, 0.2) is 229 Å². The van der Waals surface area contributed by atoms with Gasteiger partial charge >= 0.3 is 17.9 Å². The number of hydrogen-bond acceptors (Lipinski definition) is 26. The summed E-state index contributed by atoms with van der Waals surface area (Å²) in [5.41, 5.74) is 22.7. The van der Waals surface area contributed by atoms with Gasteiger partial charge in [0.15, 0.2) is 6.04 Å². The first-order valence-electron chi connectivity index (χ1n) is 35.6. The molecule has 0 saturated carbocycles. The summed E-state index contributed by atoms with van der Waals surface area (Å²) in [6.45, 7) is 1.87. The average Bonchev–Trinajstić information content (AvgIpc) is 1.66. The third kappa shape index (κ3) is 18.2. The van der Waals surface area contributed by atoms with Gasteiger partial charge in [-0.3, -0.25) is 41.5 Å². The highest BCUT2D eigenvalue weighted by Crippen LogP contribution is 2.45. The molecular weight excluding hydrogens is 1600 g/mol. The Morgan fingerprint density at radius 3 is 1.59 bits per heavy atom. The van der Waals surface area contributed by atoms with Crippen LogP contribution in [-0.4, -0.2) is 125 Å². The van der Waals surface area contributed by atoms with Crippen molar-refractivity contribution in [3.05, 3.63) is 287 Å². The molecule has 1 aliphatic heterocycles. The Kier molecular flexibility index (Phi) is 24.2. The monoisotopic (exact) mass is 1660 g/mol. The fourth-order valence-electron chi connectivity index (χ4n) is 12.8. The van der Waals surface area contributed by atoms with Crippen LogP contribution in [0.1, 0.15) is 38.4 Å². The van der Waals surface area contributed by atoms with Crippen molar-refractivity contribution in [3.63, 3.8) is 0 Å². The maximum Gasteiger partial charge on any atom is 0.352 e. The predicted octanol–water partition coefficient (Wildman–Crippen LogP) is 16.7. The van der Waals surface area contributed by atoms with Crippen LogP contribution in [0, 0.1) is 27.2 Å². The maximum absolute atomic E-state index is 12.1. The third-order valence-electron chi connectivity index (χ3n) is 18.7. The molecule has 588 valence electrons. The van der Waals surface area contributed by atoms with Crippen molar-refractivity contribution in [2.75, 3.05) is 35.5 Å². The van der Waals surface area contributed by atoms with Crippen LogP contribution >= 0.6 is 57.2 Å². The molecule has 117 heavy (non-hydrogen) atoms. The summed E-state index contributed by atoms with van der Waals surface area (Å²) in [5.74, 6) is -2.04. The summed E-state index contributed by atoms with van der Waals surface area (Å²) in [7, 11) is 3.20. The normalized spacial score (nSPS) is 12.7. The number of nitrogens with zero attached hydrogens (tertiary/aromatic N) is 14. The highest BCUT2D eigenvalue weighted by atomic mass is 35.5. The lowest BCUT2D eigenvalue weighted by molar-refractivity contribution is -0.385. The minimum absolute atomic E-state index is 0.159. The molecular formula is C82H65Cl2N17O13S3. The molecule has 35 heteroatoms. The van der Waals surface area contributed by atoms with Gasteiger partial charge in [0.1, 0.15) is 34.3 Å². The molecule has 2 aliphatic rings. The lowest BCUT2D eigenvalue weighted by Crippen LogP contribution is -2.42. The SMILES string of the molecule is COc1ccc(-c2cn(-c3ccc(-c4sc(NN=C(Cc5ccccc5[N+](=O)[O-])C(=O)O)nc4-c4ccc(OC)cc4)cc3)nn2)cc1.Cc1ccc(-c2nc(NN3c4ccccc4CC3C(=O)O)sc2-c2ccc(-n3cc(CO)nn3)cc2)cc1.O=C(O)/C(Cc1ccccc1[N+](=O)[O-])=N/Nc1nc2c(s1)CCc1c-2ccc(Cl)c1Cl. The van der Waals surface area contributed by atoms with Crippen molar-refractivity contribution in [1.29, 1.82) is 0 Å². The zero-order valence-corrected chi connectivity index (χ0v) is 65.8. The summed E-state index contributed by atoms with van der Waals surface area (Å²) in [6.07, 6.45) is 4.95. The number of aromatic nitrogens is 9. The number of aryl methyl sites for hydroxylation is 2. The van der Waals surface area contributed by atoms with E-state index in [1.165, 1.54) is 70.4 Å². The number of nitro benzene ring substituents is 2. The third-order valence-corrected chi connectivity index (χ3v) is 22.6. The van der Waals surface area contributed by atoms with Gasteiger partial charge in [-0.15, -0.1) is 10.2 Å². The molecule has 5 aromatic heterocycles. The van der Waals surface area contributed by atoms with Gasteiger partial charge in [0, 0.05) is 69.7 Å². The van der Waals surface area contributed by atoms with Gasteiger partial charge in [0.05, 0.1) is 97.0 Å². The number of aliphatic hydroxyl groups is 1. The van der Waals surface area contributed by atoms with Crippen LogP contribution in [0.25, 0.3) is 77.3 Å². The van der Waals surface area contributed by atoms with Gasteiger partial charge < -0.3 is 29.9 Å². The van der Waals surface area contributed by atoms with E-state index in [9.17, 15) is 55.0 Å².